The standard InChI is InChI=1S/C15H18N2O2/c18-15(19)8-12-4-3-7-17(12)10-11-9-16-14-6-2-1-5-13(11)14/h1-2,5-6,9,12,16H,3-4,7-8,10H2,(H,18,19). The molecule has 4 heteroatoms. The fraction of sp³-hybridized carbons (Fsp3) is 0.400. The maximum absolute atomic E-state index is 10.9. The smallest absolute Gasteiger partial charge is 0.304 e. The third-order valence-electron chi connectivity index (χ3n) is 3.96. The zero-order valence-electron chi connectivity index (χ0n) is 10.8. The summed E-state index contributed by atoms with van der Waals surface area (Å²) in [6, 6.07) is 8.43. The van der Waals surface area contributed by atoms with E-state index in [2.05, 4.69) is 22.0 Å². The fourth-order valence-electron chi connectivity index (χ4n) is 3.02. The molecule has 1 aliphatic heterocycles. The number of rotatable bonds is 4. The van der Waals surface area contributed by atoms with E-state index >= 15 is 0 Å². The summed E-state index contributed by atoms with van der Waals surface area (Å²) in [5.41, 5.74) is 2.40. The Morgan fingerprint density at radius 1 is 1.42 bits per heavy atom. The molecule has 100 valence electrons. The largest absolute Gasteiger partial charge is 0.481 e. The lowest BCUT2D eigenvalue weighted by Crippen LogP contribution is -2.30. The highest BCUT2D eigenvalue weighted by Crippen LogP contribution is 2.25. The molecule has 4 nitrogen and oxygen atoms in total. The molecule has 0 saturated carbocycles. The quantitative estimate of drug-likeness (QED) is 0.886. The van der Waals surface area contributed by atoms with E-state index in [1.807, 2.05) is 18.3 Å². The minimum absolute atomic E-state index is 0.186. The number of aliphatic carboxylic acids is 1. The van der Waals surface area contributed by atoms with Gasteiger partial charge in [0.15, 0.2) is 0 Å². The van der Waals surface area contributed by atoms with Crippen molar-refractivity contribution in [2.75, 3.05) is 6.54 Å². The van der Waals surface area contributed by atoms with Gasteiger partial charge in [-0.15, -0.1) is 0 Å². The van der Waals surface area contributed by atoms with Gasteiger partial charge in [0.2, 0.25) is 0 Å². The molecule has 0 spiro atoms. The first-order chi connectivity index (χ1) is 9.24. The Morgan fingerprint density at radius 2 is 2.26 bits per heavy atom. The SMILES string of the molecule is O=C(O)CC1CCCN1Cc1c[nH]c2ccccc12. The first kappa shape index (κ1) is 12.2. The van der Waals surface area contributed by atoms with E-state index < -0.39 is 5.97 Å². The third-order valence-corrected chi connectivity index (χ3v) is 3.96. The van der Waals surface area contributed by atoms with Crippen LogP contribution in [0.1, 0.15) is 24.8 Å². The van der Waals surface area contributed by atoms with Crippen LogP contribution in [0.5, 0.6) is 0 Å². The highest BCUT2D eigenvalue weighted by Gasteiger charge is 2.26. The first-order valence-corrected chi connectivity index (χ1v) is 6.75. The van der Waals surface area contributed by atoms with Crippen LogP contribution in [0.2, 0.25) is 0 Å². The van der Waals surface area contributed by atoms with Crippen molar-refractivity contribution in [2.45, 2.75) is 31.8 Å². The topological polar surface area (TPSA) is 56.3 Å². The molecule has 2 N–H and O–H groups in total. The van der Waals surface area contributed by atoms with Gasteiger partial charge in [-0.25, -0.2) is 0 Å². The molecule has 1 fully saturated rings. The van der Waals surface area contributed by atoms with Gasteiger partial charge in [0.25, 0.3) is 0 Å². The molecule has 2 aromatic rings. The Kier molecular flexibility index (Phi) is 3.25. The average Bonchev–Trinajstić information content (AvgIpc) is 2.98. The summed E-state index contributed by atoms with van der Waals surface area (Å²) in [5.74, 6) is -0.698. The summed E-state index contributed by atoms with van der Waals surface area (Å²) < 4.78 is 0. The minimum Gasteiger partial charge on any atom is -0.481 e. The van der Waals surface area contributed by atoms with Gasteiger partial charge in [-0.2, -0.15) is 0 Å². The maximum atomic E-state index is 10.9. The van der Waals surface area contributed by atoms with Crippen molar-refractivity contribution in [3.05, 3.63) is 36.0 Å². The summed E-state index contributed by atoms with van der Waals surface area (Å²) in [6.45, 7) is 1.83. The normalized spacial score (nSPS) is 20.1. The summed E-state index contributed by atoms with van der Waals surface area (Å²) in [4.78, 5) is 16.5. The van der Waals surface area contributed by atoms with Crippen molar-refractivity contribution in [3.8, 4) is 0 Å². The monoisotopic (exact) mass is 258 g/mol. The molecule has 1 saturated heterocycles. The van der Waals surface area contributed by atoms with E-state index in [1.54, 1.807) is 0 Å². The van der Waals surface area contributed by atoms with Gasteiger partial charge < -0.3 is 10.1 Å². The summed E-state index contributed by atoms with van der Waals surface area (Å²) in [5, 5.41) is 10.2. The number of carboxylic acid groups (broad SMARTS) is 1. The minimum atomic E-state index is -0.698. The van der Waals surface area contributed by atoms with Crippen LogP contribution < -0.4 is 0 Å². The number of hydrogen-bond acceptors (Lipinski definition) is 2. The number of likely N-dealkylation sites (tertiary alicyclic amines) is 1. The molecule has 0 aliphatic carbocycles. The lowest BCUT2D eigenvalue weighted by atomic mass is 10.1. The van der Waals surface area contributed by atoms with Crippen LogP contribution in [0.4, 0.5) is 0 Å². The molecule has 1 unspecified atom stereocenters. The number of nitrogens with zero attached hydrogens (tertiary/aromatic N) is 1. The van der Waals surface area contributed by atoms with E-state index in [4.69, 9.17) is 5.11 Å². The molecule has 1 atom stereocenters. The Bertz CT molecular complexity index is 591. The number of H-pyrrole nitrogens is 1. The Hall–Kier alpha value is -1.81. The molecule has 0 radical (unpaired) electrons. The van der Waals surface area contributed by atoms with Crippen LogP contribution in [0.25, 0.3) is 10.9 Å². The number of carbonyl (C=O) groups is 1. The Balaban J connectivity index is 1.78. The number of aromatic nitrogens is 1. The number of carboxylic acids is 1. The highest BCUT2D eigenvalue weighted by atomic mass is 16.4. The Morgan fingerprint density at radius 3 is 3.11 bits per heavy atom. The van der Waals surface area contributed by atoms with Crippen LogP contribution in [-0.2, 0) is 11.3 Å². The van der Waals surface area contributed by atoms with Gasteiger partial charge in [0.1, 0.15) is 0 Å². The van der Waals surface area contributed by atoms with Crippen molar-refractivity contribution in [1.29, 1.82) is 0 Å². The molecule has 1 aliphatic rings. The first-order valence-electron chi connectivity index (χ1n) is 6.75. The number of fused-ring (bicyclic) bond motifs is 1. The van der Waals surface area contributed by atoms with Gasteiger partial charge >= 0.3 is 5.97 Å². The fourth-order valence-corrected chi connectivity index (χ4v) is 3.02. The number of nitrogens with one attached hydrogen (secondary N) is 1. The second-order valence-electron chi connectivity index (χ2n) is 5.22. The summed E-state index contributed by atoms with van der Waals surface area (Å²) in [6.07, 6.45) is 4.39. The molecular formula is C15H18N2O2. The van der Waals surface area contributed by atoms with E-state index in [-0.39, 0.29) is 12.5 Å². The van der Waals surface area contributed by atoms with Crippen LogP contribution in [0.3, 0.4) is 0 Å². The van der Waals surface area contributed by atoms with E-state index in [1.165, 1.54) is 10.9 Å². The second kappa shape index (κ2) is 5.05. The average molecular weight is 258 g/mol. The maximum Gasteiger partial charge on any atom is 0.304 e. The molecule has 3 rings (SSSR count). The number of benzene rings is 1. The van der Waals surface area contributed by atoms with Crippen LogP contribution in [0.15, 0.2) is 30.5 Å². The number of para-hydroxylation sites is 1. The van der Waals surface area contributed by atoms with Gasteiger partial charge in [-0.3, -0.25) is 9.69 Å². The lowest BCUT2D eigenvalue weighted by molar-refractivity contribution is -0.138. The predicted octanol–water partition coefficient (Wildman–Crippen LogP) is 2.61. The van der Waals surface area contributed by atoms with Crippen molar-refractivity contribution in [3.63, 3.8) is 0 Å². The zero-order chi connectivity index (χ0) is 13.2. The zero-order valence-corrected chi connectivity index (χ0v) is 10.8. The second-order valence-corrected chi connectivity index (χ2v) is 5.22. The van der Waals surface area contributed by atoms with Crippen molar-refractivity contribution < 1.29 is 9.90 Å². The number of aromatic amines is 1. The van der Waals surface area contributed by atoms with Crippen molar-refractivity contribution in [2.24, 2.45) is 0 Å². The molecule has 2 heterocycles. The van der Waals surface area contributed by atoms with Crippen LogP contribution in [-0.4, -0.2) is 33.5 Å². The lowest BCUT2D eigenvalue weighted by Gasteiger charge is -2.22. The van der Waals surface area contributed by atoms with Gasteiger partial charge in [-0.1, -0.05) is 18.2 Å². The van der Waals surface area contributed by atoms with Crippen LogP contribution in [0, 0.1) is 0 Å². The molecule has 0 bridgehead atoms. The molecule has 0 amide bonds. The van der Waals surface area contributed by atoms with Gasteiger partial charge in [0.05, 0.1) is 6.42 Å². The molecular weight excluding hydrogens is 240 g/mol. The van der Waals surface area contributed by atoms with Gasteiger partial charge in [-0.05, 0) is 31.0 Å². The molecule has 1 aromatic carbocycles. The molecule has 19 heavy (non-hydrogen) atoms. The summed E-state index contributed by atoms with van der Waals surface area (Å²) >= 11 is 0. The highest BCUT2D eigenvalue weighted by molar-refractivity contribution is 5.83. The van der Waals surface area contributed by atoms with Gasteiger partial charge in [0, 0.05) is 29.7 Å². The summed E-state index contributed by atoms with van der Waals surface area (Å²) in [7, 11) is 0. The number of hydrogen-bond donors (Lipinski definition) is 2. The van der Waals surface area contributed by atoms with E-state index in [0.29, 0.717) is 0 Å². The third kappa shape index (κ3) is 2.49. The van der Waals surface area contributed by atoms with E-state index in [9.17, 15) is 4.79 Å². The Labute approximate surface area is 112 Å². The van der Waals surface area contributed by atoms with Crippen molar-refractivity contribution in [1.82, 2.24) is 9.88 Å². The molecule has 1 aromatic heterocycles. The van der Waals surface area contributed by atoms with Crippen LogP contribution >= 0.6 is 0 Å². The predicted molar refractivity (Wildman–Crippen MR) is 74.0 cm³/mol. The van der Waals surface area contributed by atoms with E-state index in [0.717, 1.165) is 31.4 Å². The van der Waals surface area contributed by atoms with Crippen molar-refractivity contribution >= 4 is 16.9 Å².